The average molecular weight is 341 g/mol. The minimum atomic E-state index is -1.74. The molecule has 0 aliphatic carbocycles. The quantitative estimate of drug-likeness (QED) is 0.653. The Labute approximate surface area is 135 Å². The van der Waals surface area contributed by atoms with Crippen LogP contribution in [-0.2, 0) is 14.3 Å². The highest BCUT2D eigenvalue weighted by molar-refractivity contribution is 5.99. The number of carboxylic acid groups (broad SMARTS) is 1. The Balaban J connectivity index is 2.80. The number of halogens is 3. The van der Waals surface area contributed by atoms with Gasteiger partial charge in [0.15, 0.2) is 17.5 Å². The Bertz CT molecular complexity index is 799. The van der Waals surface area contributed by atoms with E-state index in [0.717, 1.165) is 13.2 Å². The van der Waals surface area contributed by atoms with E-state index in [9.17, 15) is 27.9 Å². The minimum absolute atomic E-state index is 0.154. The van der Waals surface area contributed by atoms with E-state index < -0.39 is 40.9 Å². The molecule has 5 nitrogen and oxygen atoms in total. The summed E-state index contributed by atoms with van der Waals surface area (Å²) in [7, 11) is 1.08. The van der Waals surface area contributed by atoms with Gasteiger partial charge in [-0.1, -0.05) is 6.07 Å². The SMILES string of the molecule is COC(=O)C1=C(C)NC(C)=C(C(=O)O)C1c1ccc(F)c(F)c1F. The molecular weight excluding hydrogens is 327 g/mol. The third kappa shape index (κ3) is 2.75. The highest BCUT2D eigenvalue weighted by Gasteiger charge is 2.39. The van der Waals surface area contributed by atoms with Crippen LogP contribution in [-0.4, -0.2) is 24.2 Å². The van der Waals surface area contributed by atoms with Crippen LogP contribution < -0.4 is 5.32 Å². The lowest BCUT2D eigenvalue weighted by Crippen LogP contribution is -2.32. The van der Waals surface area contributed by atoms with E-state index in [1.54, 1.807) is 0 Å². The molecule has 8 heteroatoms. The van der Waals surface area contributed by atoms with Gasteiger partial charge in [-0.05, 0) is 19.9 Å². The maximum atomic E-state index is 14.3. The summed E-state index contributed by atoms with van der Waals surface area (Å²) in [6, 6.07) is 1.59. The second kappa shape index (κ2) is 6.38. The fraction of sp³-hybridized carbons (Fsp3) is 0.250. The van der Waals surface area contributed by atoms with E-state index in [1.165, 1.54) is 13.8 Å². The van der Waals surface area contributed by atoms with Gasteiger partial charge in [0, 0.05) is 17.0 Å². The van der Waals surface area contributed by atoms with Crippen molar-refractivity contribution in [3.05, 3.63) is 57.7 Å². The highest BCUT2D eigenvalue weighted by Crippen LogP contribution is 2.40. The van der Waals surface area contributed by atoms with Gasteiger partial charge in [-0.15, -0.1) is 0 Å². The van der Waals surface area contributed by atoms with Crippen LogP contribution >= 0.6 is 0 Å². The summed E-state index contributed by atoms with van der Waals surface area (Å²) in [6.45, 7) is 2.89. The fourth-order valence-electron chi connectivity index (χ4n) is 2.73. The lowest BCUT2D eigenvalue weighted by Gasteiger charge is -2.29. The van der Waals surface area contributed by atoms with Crippen molar-refractivity contribution in [2.45, 2.75) is 19.8 Å². The first kappa shape index (κ1) is 17.6. The van der Waals surface area contributed by atoms with Crippen molar-refractivity contribution in [1.82, 2.24) is 5.32 Å². The van der Waals surface area contributed by atoms with Crippen molar-refractivity contribution in [3.8, 4) is 0 Å². The molecule has 0 saturated carbocycles. The van der Waals surface area contributed by atoms with Gasteiger partial charge in [-0.2, -0.15) is 0 Å². The Kier molecular flexibility index (Phi) is 4.68. The summed E-state index contributed by atoms with van der Waals surface area (Å²) >= 11 is 0. The first-order valence-electron chi connectivity index (χ1n) is 6.84. The summed E-state index contributed by atoms with van der Waals surface area (Å²) in [5.41, 5.74) is -0.622. The molecule has 0 spiro atoms. The minimum Gasteiger partial charge on any atom is -0.478 e. The highest BCUT2D eigenvalue weighted by atomic mass is 19.2. The first-order chi connectivity index (χ1) is 11.2. The van der Waals surface area contributed by atoms with Crippen molar-refractivity contribution in [3.63, 3.8) is 0 Å². The number of hydrogen-bond acceptors (Lipinski definition) is 4. The van der Waals surface area contributed by atoms with E-state index in [2.05, 4.69) is 10.1 Å². The first-order valence-corrected chi connectivity index (χ1v) is 6.84. The van der Waals surface area contributed by atoms with E-state index in [0.29, 0.717) is 6.07 Å². The molecule has 2 rings (SSSR count). The molecule has 1 heterocycles. The van der Waals surface area contributed by atoms with Crippen LogP contribution in [0.3, 0.4) is 0 Å². The molecule has 24 heavy (non-hydrogen) atoms. The number of aliphatic carboxylic acids is 1. The van der Waals surface area contributed by atoms with Crippen molar-refractivity contribution < 1.29 is 32.6 Å². The number of allylic oxidation sites excluding steroid dienone is 2. The van der Waals surface area contributed by atoms with Gasteiger partial charge in [0.05, 0.1) is 24.2 Å². The monoisotopic (exact) mass is 341 g/mol. The van der Waals surface area contributed by atoms with Crippen molar-refractivity contribution in [2.24, 2.45) is 0 Å². The molecule has 1 aromatic carbocycles. The van der Waals surface area contributed by atoms with Crippen LogP contribution in [0.15, 0.2) is 34.7 Å². The number of ether oxygens (including phenoxy) is 1. The fourth-order valence-corrected chi connectivity index (χ4v) is 2.73. The van der Waals surface area contributed by atoms with Gasteiger partial charge in [0.25, 0.3) is 0 Å². The van der Waals surface area contributed by atoms with Gasteiger partial charge in [0.2, 0.25) is 0 Å². The summed E-state index contributed by atoms with van der Waals surface area (Å²) in [5, 5.41) is 12.2. The molecule has 1 atom stereocenters. The number of methoxy groups -OCH3 is 1. The standard InChI is InChI=1S/C16H14F3NO4/c1-6-10(15(21)22)12(11(7(2)20-6)16(23)24-3)8-4-5-9(17)14(19)13(8)18/h4-5,12,20H,1-3H3,(H,21,22). The lowest BCUT2D eigenvalue weighted by molar-refractivity contribution is -0.136. The predicted octanol–water partition coefficient (Wildman–Crippen LogP) is 2.60. The number of benzene rings is 1. The molecule has 0 aromatic heterocycles. The number of hydrogen-bond donors (Lipinski definition) is 2. The molecule has 1 aliphatic heterocycles. The Morgan fingerprint density at radius 2 is 1.67 bits per heavy atom. The van der Waals surface area contributed by atoms with Gasteiger partial charge in [-0.3, -0.25) is 0 Å². The molecule has 1 aliphatic rings. The largest absolute Gasteiger partial charge is 0.478 e. The predicted molar refractivity (Wildman–Crippen MR) is 77.2 cm³/mol. The second-order valence-corrected chi connectivity index (χ2v) is 5.20. The Morgan fingerprint density at radius 3 is 2.21 bits per heavy atom. The summed E-state index contributed by atoms with van der Waals surface area (Å²) < 4.78 is 45.7. The average Bonchev–Trinajstić information content (AvgIpc) is 2.51. The van der Waals surface area contributed by atoms with Crippen LogP contribution in [0.25, 0.3) is 0 Å². The molecule has 128 valence electrons. The molecule has 0 saturated heterocycles. The number of carbonyl (C=O) groups is 2. The second-order valence-electron chi connectivity index (χ2n) is 5.20. The molecule has 1 unspecified atom stereocenters. The van der Waals surface area contributed by atoms with E-state index >= 15 is 0 Å². The Hall–Kier alpha value is -2.77. The Morgan fingerprint density at radius 1 is 1.08 bits per heavy atom. The van der Waals surface area contributed by atoms with Gasteiger partial charge >= 0.3 is 11.9 Å². The molecule has 0 radical (unpaired) electrons. The summed E-state index contributed by atoms with van der Waals surface area (Å²) in [5.74, 6) is -8.48. The van der Waals surface area contributed by atoms with Crippen LogP contribution in [0.4, 0.5) is 13.2 Å². The van der Waals surface area contributed by atoms with Gasteiger partial charge in [0.1, 0.15) is 0 Å². The maximum absolute atomic E-state index is 14.3. The van der Waals surface area contributed by atoms with Gasteiger partial charge in [-0.25, -0.2) is 22.8 Å². The number of dihydropyridines is 1. The molecule has 0 bridgehead atoms. The number of carbonyl (C=O) groups excluding carboxylic acids is 1. The van der Waals surface area contributed by atoms with E-state index in [1.807, 2.05) is 0 Å². The zero-order chi connectivity index (χ0) is 18.2. The van der Waals surface area contributed by atoms with E-state index in [4.69, 9.17) is 0 Å². The zero-order valence-corrected chi connectivity index (χ0v) is 13.0. The number of esters is 1. The maximum Gasteiger partial charge on any atom is 0.336 e. The van der Waals surface area contributed by atoms with Crippen molar-refractivity contribution in [2.75, 3.05) is 7.11 Å². The normalized spacial score (nSPS) is 17.7. The van der Waals surface area contributed by atoms with Crippen LogP contribution in [0, 0.1) is 17.5 Å². The molecule has 1 aromatic rings. The zero-order valence-electron chi connectivity index (χ0n) is 13.0. The topological polar surface area (TPSA) is 75.6 Å². The third-order valence-electron chi connectivity index (χ3n) is 3.77. The molecule has 2 N–H and O–H groups in total. The summed E-state index contributed by atoms with van der Waals surface area (Å²) in [4.78, 5) is 23.7. The van der Waals surface area contributed by atoms with Crippen LogP contribution in [0.1, 0.15) is 25.3 Å². The van der Waals surface area contributed by atoms with E-state index in [-0.39, 0.29) is 22.5 Å². The van der Waals surface area contributed by atoms with Crippen LogP contribution in [0.2, 0.25) is 0 Å². The smallest absolute Gasteiger partial charge is 0.336 e. The number of nitrogens with one attached hydrogen (secondary N) is 1. The lowest BCUT2D eigenvalue weighted by atomic mass is 9.80. The van der Waals surface area contributed by atoms with Crippen molar-refractivity contribution >= 4 is 11.9 Å². The molecule has 0 fully saturated rings. The molecule has 0 amide bonds. The number of carboxylic acids is 1. The third-order valence-corrected chi connectivity index (χ3v) is 3.77. The van der Waals surface area contributed by atoms with Gasteiger partial charge < -0.3 is 15.2 Å². The summed E-state index contributed by atoms with van der Waals surface area (Å²) in [6.07, 6.45) is 0. The molecular formula is C16H14F3NO4. The van der Waals surface area contributed by atoms with Crippen molar-refractivity contribution in [1.29, 1.82) is 0 Å². The van der Waals surface area contributed by atoms with Crippen LogP contribution in [0.5, 0.6) is 0 Å². The number of rotatable bonds is 3.